The van der Waals surface area contributed by atoms with Gasteiger partial charge in [-0.3, -0.25) is 0 Å². The van der Waals surface area contributed by atoms with Gasteiger partial charge in [0.2, 0.25) is 11.9 Å². The number of rotatable bonds is 0. The van der Waals surface area contributed by atoms with Crippen molar-refractivity contribution >= 4 is 11.9 Å². The number of nitrogen functional groups attached to an aromatic ring is 2. The minimum Gasteiger partial charge on any atom is -0.368 e. The fourth-order valence-electron chi connectivity index (χ4n) is 0.288. The Hall–Kier alpha value is -1.26. The molecule has 5 nitrogen and oxygen atoms in total. The van der Waals surface area contributed by atoms with Gasteiger partial charge in [-0.05, 0) is 0 Å². The SMILES string of the molecule is CC.Nc1n[nH]c(N)n1. The van der Waals surface area contributed by atoms with Crippen LogP contribution >= 0.6 is 0 Å². The molecule has 5 heteroatoms. The van der Waals surface area contributed by atoms with E-state index in [1.54, 1.807) is 0 Å². The first kappa shape index (κ1) is 7.74. The quantitative estimate of drug-likeness (QED) is 0.459. The maximum absolute atomic E-state index is 5.07. The standard InChI is InChI=1S/C2H5N5.C2H6/c3-1-5-2(4)7-6-1;1-2/h(H5,3,4,5,6,7);1-2H3. The second-order valence-electron chi connectivity index (χ2n) is 1.08. The number of hydrogen-bond donors (Lipinski definition) is 3. The number of nitrogens with two attached hydrogens (primary N) is 2. The topological polar surface area (TPSA) is 93.6 Å². The Morgan fingerprint density at radius 3 is 2.00 bits per heavy atom. The summed E-state index contributed by atoms with van der Waals surface area (Å²) in [6.07, 6.45) is 0. The maximum Gasteiger partial charge on any atom is 0.241 e. The minimum atomic E-state index is 0.178. The molecule has 0 amide bonds. The lowest BCUT2D eigenvalue weighted by Gasteiger charge is -1.69. The largest absolute Gasteiger partial charge is 0.368 e. The third kappa shape index (κ3) is 2.53. The molecule has 1 aromatic rings. The van der Waals surface area contributed by atoms with Crippen LogP contribution in [-0.4, -0.2) is 15.2 Å². The van der Waals surface area contributed by atoms with Crippen molar-refractivity contribution in [2.45, 2.75) is 13.8 Å². The Bertz CT molecular complexity index is 141. The minimum absolute atomic E-state index is 0.178. The van der Waals surface area contributed by atoms with E-state index >= 15 is 0 Å². The predicted molar refractivity (Wildman–Crippen MR) is 36.6 cm³/mol. The molecule has 5 N–H and O–H groups in total. The lowest BCUT2D eigenvalue weighted by atomic mass is 11.0. The molecular formula is C4H11N5. The zero-order valence-corrected chi connectivity index (χ0v) is 5.55. The highest BCUT2D eigenvalue weighted by molar-refractivity contribution is 5.23. The summed E-state index contributed by atoms with van der Waals surface area (Å²) >= 11 is 0. The van der Waals surface area contributed by atoms with Crippen LogP contribution in [0.2, 0.25) is 0 Å². The summed E-state index contributed by atoms with van der Waals surface area (Å²) in [6, 6.07) is 0. The molecule has 1 heterocycles. The maximum atomic E-state index is 5.07. The van der Waals surface area contributed by atoms with Crippen molar-refractivity contribution in [3.63, 3.8) is 0 Å². The van der Waals surface area contributed by atoms with E-state index in [4.69, 9.17) is 11.5 Å². The molecule has 0 aromatic carbocycles. The van der Waals surface area contributed by atoms with Crippen molar-refractivity contribution in [1.29, 1.82) is 0 Å². The summed E-state index contributed by atoms with van der Waals surface area (Å²) < 4.78 is 0. The van der Waals surface area contributed by atoms with Crippen molar-refractivity contribution in [3.8, 4) is 0 Å². The zero-order valence-electron chi connectivity index (χ0n) is 5.55. The van der Waals surface area contributed by atoms with Crippen molar-refractivity contribution in [3.05, 3.63) is 0 Å². The number of anilines is 2. The van der Waals surface area contributed by atoms with Crippen LogP contribution in [0.1, 0.15) is 13.8 Å². The monoisotopic (exact) mass is 129 g/mol. The van der Waals surface area contributed by atoms with Crippen molar-refractivity contribution in [2.75, 3.05) is 11.5 Å². The van der Waals surface area contributed by atoms with Gasteiger partial charge in [0.15, 0.2) is 0 Å². The Morgan fingerprint density at radius 1 is 1.33 bits per heavy atom. The second kappa shape index (κ2) is 3.71. The van der Waals surface area contributed by atoms with Crippen LogP contribution in [0.4, 0.5) is 11.9 Å². The Labute approximate surface area is 53.5 Å². The molecule has 1 aromatic heterocycles. The van der Waals surface area contributed by atoms with Gasteiger partial charge >= 0.3 is 0 Å². The predicted octanol–water partition coefficient (Wildman–Crippen LogP) is -0.00470. The van der Waals surface area contributed by atoms with Crippen LogP contribution in [0.15, 0.2) is 0 Å². The van der Waals surface area contributed by atoms with E-state index < -0.39 is 0 Å². The van der Waals surface area contributed by atoms with Crippen molar-refractivity contribution < 1.29 is 0 Å². The van der Waals surface area contributed by atoms with Crippen LogP contribution in [0.25, 0.3) is 0 Å². The highest BCUT2D eigenvalue weighted by Gasteiger charge is 1.87. The molecule has 0 bridgehead atoms. The Morgan fingerprint density at radius 2 is 1.89 bits per heavy atom. The summed E-state index contributed by atoms with van der Waals surface area (Å²) in [5.41, 5.74) is 10.1. The summed E-state index contributed by atoms with van der Waals surface area (Å²) in [4.78, 5) is 3.50. The first-order chi connectivity index (χ1) is 4.29. The highest BCUT2D eigenvalue weighted by atomic mass is 15.3. The molecule has 0 aliphatic heterocycles. The average Bonchev–Trinajstić information content (AvgIpc) is 2.20. The van der Waals surface area contributed by atoms with Crippen molar-refractivity contribution in [1.82, 2.24) is 15.2 Å². The highest BCUT2D eigenvalue weighted by Crippen LogP contribution is 1.89. The lowest BCUT2D eigenvalue weighted by Crippen LogP contribution is -1.87. The number of H-pyrrole nitrogens is 1. The molecule has 0 aliphatic carbocycles. The molecule has 9 heavy (non-hydrogen) atoms. The van der Waals surface area contributed by atoms with Gasteiger partial charge in [-0.2, -0.15) is 4.98 Å². The number of aromatic amines is 1. The molecule has 0 fully saturated rings. The van der Waals surface area contributed by atoms with E-state index in [1.165, 1.54) is 0 Å². The van der Waals surface area contributed by atoms with E-state index in [1.807, 2.05) is 13.8 Å². The van der Waals surface area contributed by atoms with Gasteiger partial charge in [0.05, 0.1) is 0 Å². The number of aromatic nitrogens is 3. The average molecular weight is 129 g/mol. The second-order valence-corrected chi connectivity index (χ2v) is 1.08. The van der Waals surface area contributed by atoms with Gasteiger partial charge in [-0.1, -0.05) is 13.8 Å². The molecule has 0 spiro atoms. The van der Waals surface area contributed by atoms with Gasteiger partial charge in [0.25, 0.3) is 0 Å². The molecular weight excluding hydrogens is 118 g/mol. The molecule has 0 unspecified atom stereocenters. The Kier molecular flexibility index (Phi) is 3.19. The summed E-state index contributed by atoms with van der Waals surface area (Å²) in [7, 11) is 0. The summed E-state index contributed by atoms with van der Waals surface area (Å²) in [5.74, 6) is 0.426. The first-order valence-corrected chi connectivity index (χ1v) is 2.72. The molecule has 0 saturated heterocycles. The van der Waals surface area contributed by atoms with Crippen LogP contribution < -0.4 is 11.5 Å². The zero-order chi connectivity index (χ0) is 7.28. The molecule has 0 radical (unpaired) electrons. The molecule has 0 atom stereocenters. The van der Waals surface area contributed by atoms with E-state index in [9.17, 15) is 0 Å². The van der Waals surface area contributed by atoms with E-state index in [0.29, 0.717) is 0 Å². The Balaban J connectivity index is 0.000000291. The van der Waals surface area contributed by atoms with Crippen LogP contribution in [-0.2, 0) is 0 Å². The number of nitrogens with zero attached hydrogens (tertiary/aromatic N) is 2. The first-order valence-electron chi connectivity index (χ1n) is 2.72. The van der Waals surface area contributed by atoms with Crippen LogP contribution in [0.5, 0.6) is 0 Å². The number of nitrogens with one attached hydrogen (secondary N) is 1. The summed E-state index contributed by atoms with van der Waals surface area (Å²) in [6.45, 7) is 4.00. The van der Waals surface area contributed by atoms with E-state index in [0.717, 1.165) is 0 Å². The van der Waals surface area contributed by atoms with Crippen LogP contribution in [0, 0.1) is 0 Å². The van der Waals surface area contributed by atoms with Gasteiger partial charge in [0.1, 0.15) is 0 Å². The van der Waals surface area contributed by atoms with Gasteiger partial charge in [-0.15, -0.1) is 5.10 Å². The van der Waals surface area contributed by atoms with Crippen molar-refractivity contribution in [2.24, 2.45) is 0 Å². The molecule has 0 aliphatic rings. The molecule has 52 valence electrons. The van der Waals surface area contributed by atoms with Gasteiger partial charge in [-0.25, -0.2) is 5.10 Å². The lowest BCUT2D eigenvalue weighted by molar-refractivity contribution is 1.11. The molecule has 0 saturated carbocycles. The fraction of sp³-hybridized carbons (Fsp3) is 0.500. The van der Waals surface area contributed by atoms with Gasteiger partial charge < -0.3 is 11.5 Å². The van der Waals surface area contributed by atoms with E-state index in [-0.39, 0.29) is 11.9 Å². The third-order valence-corrected chi connectivity index (χ3v) is 0.520. The number of hydrogen-bond acceptors (Lipinski definition) is 4. The normalized spacial score (nSPS) is 7.78. The fourth-order valence-corrected chi connectivity index (χ4v) is 0.288. The third-order valence-electron chi connectivity index (χ3n) is 0.520. The van der Waals surface area contributed by atoms with Gasteiger partial charge in [0, 0.05) is 0 Å². The smallest absolute Gasteiger partial charge is 0.241 e. The summed E-state index contributed by atoms with van der Waals surface area (Å²) in [5, 5.41) is 5.79. The van der Waals surface area contributed by atoms with E-state index in [2.05, 4.69) is 15.2 Å². The molecule has 1 rings (SSSR count). The van der Waals surface area contributed by atoms with Crippen LogP contribution in [0.3, 0.4) is 0 Å².